The molecule has 13 heteroatoms. The summed E-state index contributed by atoms with van der Waals surface area (Å²) < 4.78 is 127. The molecule has 41 heavy (non-hydrogen) atoms. The number of halogens is 6. The van der Waals surface area contributed by atoms with Crippen LogP contribution in [0.4, 0.5) is 26.3 Å². The Kier molecular flexibility index (Phi) is 10.3. The summed E-state index contributed by atoms with van der Waals surface area (Å²) in [4.78, 5) is -3.81. The highest BCUT2D eigenvalue weighted by molar-refractivity contribution is 7.95. The minimum absolute atomic E-state index is 0.0606. The van der Waals surface area contributed by atoms with Crippen molar-refractivity contribution in [1.82, 2.24) is 0 Å². The second kappa shape index (κ2) is 12.6. The van der Waals surface area contributed by atoms with Crippen molar-refractivity contribution in [2.45, 2.75) is 86.0 Å². The zero-order valence-corrected chi connectivity index (χ0v) is 24.7. The number of rotatable bonds is 8. The van der Waals surface area contributed by atoms with Crippen LogP contribution in [-0.4, -0.2) is 58.5 Å². The summed E-state index contributed by atoms with van der Waals surface area (Å²) in [5.74, 6) is 0. The highest BCUT2D eigenvalue weighted by atomic mass is 32.2. The number of hydrogen-bond acceptors (Lipinski definition) is 4. The molecule has 0 amide bonds. The van der Waals surface area contributed by atoms with Crippen molar-refractivity contribution >= 4 is 19.7 Å². The Labute approximate surface area is 238 Å². The third kappa shape index (κ3) is 6.93. The van der Waals surface area contributed by atoms with Gasteiger partial charge in [0.25, 0.3) is 19.7 Å². The first-order valence-electron chi connectivity index (χ1n) is 13.7. The average Bonchev–Trinajstić information content (AvgIpc) is 3.28. The topological polar surface area (TPSA) is 68.3 Å². The number of sulfone groups is 2. The van der Waals surface area contributed by atoms with Gasteiger partial charge in [-0.1, -0.05) is 57.0 Å². The van der Waals surface area contributed by atoms with Crippen LogP contribution in [-0.2, 0) is 26.1 Å². The van der Waals surface area contributed by atoms with Crippen LogP contribution in [0, 0.1) is 0 Å². The maximum absolute atomic E-state index is 13.1. The zero-order valence-electron chi connectivity index (χ0n) is 23.1. The van der Waals surface area contributed by atoms with E-state index in [1.165, 1.54) is 99.9 Å². The number of hydrogen-bond donors (Lipinski definition) is 0. The van der Waals surface area contributed by atoms with Gasteiger partial charge in [-0.05, 0) is 60.4 Å². The van der Waals surface area contributed by atoms with Crippen molar-refractivity contribution in [3.8, 4) is 11.1 Å². The number of quaternary nitrogens is 1. The van der Waals surface area contributed by atoms with Crippen molar-refractivity contribution in [2.75, 3.05) is 26.2 Å². The van der Waals surface area contributed by atoms with Gasteiger partial charge in [0.05, 0.1) is 36.0 Å². The van der Waals surface area contributed by atoms with Crippen LogP contribution in [0.5, 0.6) is 0 Å². The second-order valence-electron chi connectivity index (χ2n) is 10.7. The maximum atomic E-state index is 13.1. The Hall–Kier alpha value is -2.12. The third-order valence-corrected chi connectivity index (χ3v) is 11.1. The molecule has 1 heterocycles. The van der Waals surface area contributed by atoms with Gasteiger partial charge in [-0.3, -0.25) is 0 Å². The summed E-state index contributed by atoms with van der Waals surface area (Å²) >= 11 is 0. The molecule has 0 atom stereocenters. The van der Waals surface area contributed by atoms with E-state index in [0.29, 0.717) is 11.1 Å². The summed E-state index contributed by atoms with van der Waals surface area (Å²) in [5.41, 5.74) is -11.9. The van der Waals surface area contributed by atoms with Gasteiger partial charge in [-0.2, -0.15) is 26.3 Å². The normalized spacial score (nSPS) is 16.9. The molecule has 0 radical (unpaired) electrons. The van der Waals surface area contributed by atoms with Crippen molar-refractivity contribution < 1.29 is 47.7 Å². The van der Waals surface area contributed by atoms with E-state index in [4.69, 9.17) is 0 Å². The molecule has 0 bridgehead atoms. The van der Waals surface area contributed by atoms with Crippen LogP contribution >= 0.6 is 0 Å². The molecule has 0 saturated carbocycles. The first kappa shape index (κ1) is 33.4. The number of benzene rings is 2. The summed E-state index contributed by atoms with van der Waals surface area (Å²) in [6, 6.07) is 7.06. The van der Waals surface area contributed by atoms with E-state index in [9.17, 15) is 43.2 Å². The monoisotopic (exact) mass is 628 g/mol. The summed E-state index contributed by atoms with van der Waals surface area (Å²) in [6.45, 7) is 10.5. The van der Waals surface area contributed by atoms with E-state index < -0.39 is 52.5 Å². The Morgan fingerprint density at radius 1 is 0.707 bits per heavy atom. The van der Waals surface area contributed by atoms with Crippen molar-refractivity contribution in [3.63, 3.8) is 0 Å². The minimum atomic E-state index is -6.37. The summed E-state index contributed by atoms with van der Waals surface area (Å²) in [7, 11) is -12.7. The molecule has 0 spiro atoms. The number of unbranched alkanes of at least 4 members (excludes halogenated alkanes) is 2. The molecule has 1 saturated heterocycles. The lowest BCUT2D eigenvalue weighted by atomic mass is 10.1. The van der Waals surface area contributed by atoms with Gasteiger partial charge in [-0.15, -0.1) is 0 Å². The van der Waals surface area contributed by atoms with Gasteiger partial charge in [0.1, 0.15) is 0 Å². The molecule has 5 nitrogen and oxygen atoms in total. The molecular weight excluding hydrogens is 592 g/mol. The molecule has 2 aromatic rings. The highest BCUT2D eigenvalue weighted by Gasteiger charge is 2.55. The van der Waals surface area contributed by atoms with Crippen LogP contribution in [0.25, 0.3) is 11.1 Å². The lowest BCUT2D eigenvalue weighted by Crippen LogP contribution is -2.52. The van der Waals surface area contributed by atoms with E-state index in [-0.39, 0.29) is 11.6 Å². The number of likely N-dealkylation sites (tertiary alicyclic amines) is 1. The molecule has 230 valence electrons. The Balaban J connectivity index is 0.000000278. The van der Waals surface area contributed by atoms with Crippen LogP contribution in [0.3, 0.4) is 0 Å². The number of nitrogens with zero attached hydrogens (tertiary/aromatic N) is 1. The molecule has 4 rings (SSSR count). The fraction of sp³-hybridized carbons (Fsp3) is 0.571. The van der Waals surface area contributed by atoms with Gasteiger partial charge in [0.2, 0.25) is 0 Å². The summed E-state index contributed by atoms with van der Waals surface area (Å²) in [6.07, 6.45) is 9.60. The van der Waals surface area contributed by atoms with Crippen LogP contribution < -0.4 is 0 Å². The Morgan fingerprint density at radius 3 is 1.76 bits per heavy atom. The fourth-order valence-electron chi connectivity index (χ4n) is 5.64. The smallest absolute Gasteiger partial charge is 0.324 e. The number of fused-ring (bicyclic) bond motifs is 3. The van der Waals surface area contributed by atoms with Crippen molar-refractivity contribution in [3.05, 3.63) is 47.5 Å². The predicted octanol–water partition coefficient (Wildman–Crippen LogP) is 7.43. The van der Waals surface area contributed by atoms with Gasteiger partial charge in [0.15, 0.2) is 0 Å². The SMILES string of the molecule is CCCC[N+]1(CCCC)CCCCC1.O=S(=O)(c1ccc2c(c1S(=O)(=O)C(F)(F)F)Cc1ccccc1-2)C(F)(F)F. The van der Waals surface area contributed by atoms with Gasteiger partial charge in [0, 0.05) is 6.42 Å². The van der Waals surface area contributed by atoms with Crippen molar-refractivity contribution in [2.24, 2.45) is 0 Å². The molecule has 0 unspecified atom stereocenters. The minimum Gasteiger partial charge on any atom is -0.324 e. The number of piperidine rings is 1. The first-order valence-corrected chi connectivity index (χ1v) is 16.7. The van der Waals surface area contributed by atoms with E-state index in [2.05, 4.69) is 13.8 Å². The van der Waals surface area contributed by atoms with E-state index >= 15 is 0 Å². The lowest BCUT2D eigenvalue weighted by Gasteiger charge is -2.41. The maximum Gasteiger partial charge on any atom is 0.501 e. The highest BCUT2D eigenvalue weighted by Crippen LogP contribution is 2.47. The van der Waals surface area contributed by atoms with Gasteiger partial charge < -0.3 is 4.48 Å². The molecular formula is C28H36F6NO4S2+. The molecule has 2 aromatic carbocycles. The van der Waals surface area contributed by atoms with Gasteiger partial charge >= 0.3 is 11.0 Å². The van der Waals surface area contributed by atoms with E-state index in [0.717, 1.165) is 6.07 Å². The van der Waals surface area contributed by atoms with Crippen molar-refractivity contribution in [1.29, 1.82) is 0 Å². The fourth-order valence-corrected chi connectivity index (χ4v) is 8.23. The standard InChI is InChI=1S/C15H8F6O4S2.C13H28N/c16-14(17,18)26(22,23)12-6-5-10-9-4-2-1-3-8(9)7-11(10)13(12)27(24,25)15(19,20)21;1-3-5-10-14(11-6-4-2)12-8-7-9-13-14/h1-6H,7H2;3-13H2,1-2H3/q;+1. The molecule has 2 aliphatic rings. The quantitative estimate of drug-likeness (QED) is 0.192. The second-order valence-corrected chi connectivity index (χ2v) is 14.4. The first-order chi connectivity index (χ1) is 19.0. The lowest BCUT2D eigenvalue weighted by molar-refractivity contribution is -0.932. The molecule has 1 aliphatic carbocycles. The largest absolute Gasteiger partial charge is 0.501 e. The molecule has 1 fully saturated rings. The van der Waals surface area contributed by atoms with Crippen LogP contribution in [0.15, 0.2) is 46.2 Å². The molecule has 0 N–H and O–H groups in total. The molecule has 1 aliphatic heterocycles. The zero-order chi connectivity index (χ0) is 30.7. The van der Waals surface area contributed by atoms with E-state index in [1.807, 2.05) is 0 Å². The summed E-state index contributed by atoms with van der Waals surface area (Å²) in [5, 5.41) is 0. The van der Waals surface area contributed by atoms with Gasteiger partial charge in [-0.25, -0.2) is 16.8 Å². The number of alkyl halides is 6. The molecule has 0 aromatic heterocycles. The third-order valence-electron chi connectivity index (χ3n) is 7.80. The van der Waals surface area contributed by atoms with E-state index in [1.54, 1.807) is 0 Å². The predicted molar refractivity (Wildman–Crippen MR) is 145 cm³/mol. The van der Waals surface area contributed by atoms with Crippen LogP contribution in [0.2, 0.25) is 0 Å². The average molecular weight is 629 g/mol. The Bertz CT molecular complexity index is 1420. The van der Waals surface area contributed by atoms with Crippen LogP contribution in [0.1, 0.15) is 69.9 Å². The Morgan fingerprint density at radius 2 is 1.24 bits per heavy atom.